The summed E-state index contributed by atoms with van der Waals surface area (Å²) >= 11 is 0. The summed E-state index contributed by atoms with van der Waals surface area (Å²) in [5.74, 6) is 0. The van der Waals surface area contributed by atoms with Crippen LogP contribution in [0, 0.1) is 6.92 Å². The van der Waals surface area contributed by atoms with Gasteiger partial charge in [-0.05, 0) is 44.3 Å². The van der Waals surface area contributed by atoms with Gasteiger partial charge in [0, 0.05) is 12.2 Å². The molecule has 3 aromatic rings. The molecule has 5 nitrogen and oxygen atoms in total. The number of likely N-dealkylation sites (N-methyl/N-ethyl adjacent to an activating group) is 1. The van der Waals surface area contributed by atoms with E-state index in [9.17, 15) is 4.79 Å². The van der Waals surface area contributed by atoms with Crippen LogP contribution < -0.4 is 5.56 Å². The second-order valence-corrected chi connectivity index (χ2v) is 5.93. The zero-order valence-corrected chi connectivity index (χ0v) is 14.6. The van der Waals surface area contributed by atoms with Gasteiger partial charge in [0.25, 0.3) is 5.56 Å². The van der Waals surface area contributed by atoms with Crippen molar-refractivity contribution in [1.29, 1.82) is 0 Å². The number of aromatic nitrogens is 3. The molecule has 3 rings (SSSR count). The minimum absolute atomic E-state index is 0.0109. The minimum Gasteiger partial charge on any atom is -0.302 e. The molecule has 1 aromatic carbocycles. The third-order valence-corrected chi connectivity index (χ3v) is 4.45. The second-order valence-electron chi connectivity index (χ2n) is 5.93. The van der Waals surface area contributed by atoms with Crippen LogP contribution in [0.4, 0.5) is 0 Å². The lowest BCUT2D eigenvalue weighted by Gasteiger charge is -2.20. The lowest BCUT2D eigenvalue weighted by atomic mass is 10.3. The number of hydrogen-bond acceptors (Lipinski definition) is 3. The average molecular weight is 324 g/mol. The Hall–Kier alpha value is -2.40. The quantitative estimate of drug-likeness (QED) is 0.700. The molecule has 0 saturated heterocycles. The van der Waals surface area contributed by atoms with Gasteiger partial charge in [0.05, 0.1) is 17.6 Å². The molecule has 0 bridgehead atoms. The van der Waals surface area contributed by atoms with E-state index in [1.165, 1.54) is 0 Å². The molecule has 0 atom stereocenters. The van der Waals surface area contributed by atoms with Gasteiger partial charge in [-0.3, -0.25) is 9.48 Å². The van der Waals surface area contributed by atoms with Gasteiger partial charge in [-0.2, -0.15) is 0 Å². The number of rotatable bonds is 6. The lowest BCUT2D eigenvalue weighted by molar-refractivity contribution is 0.282. The van der Waals surface area contributed by atoms with Crippen molar-refractivity contribution in [3.63, 3.8) is 0 Å². The first-order valence-electron chi connectivity index (χ1n) is 8.52. The second kappa shape index (κ2) is 7.01. The van der Waals surface area contributed by atoms with Crippen LogP contribution in [0.1, 0.15) is 19.5 Å². The minimum atomic E-state index is -0.0109. The van der Waals surface area contributed by atoms with Crippen LogP contribution in [0.25, 0.3) is 16.7 Å². The smallest absolute Gasteiger partial charge is 0.280 e. The maximum atomic E-state index is 12.9. The summed E-state index contributed by atoms with van der Waals surface area (Å²) in [6, 6.07) is 13.6. The van der Waals surface area contributed by atoms with Gasteiger partial charge in [0.1, 0.15) is 0 Å². The number of para-hydroxylation sites is 1. The molecular weight excluding hydrogens is 300 g/mol. The molecule has 5 heteroatoms. The molecule has 0 spiro atoms. The van der Waals surface area contributed by atoms with E-state index in [4.69, 9.17) is 0 Å². The summed E-state index contributed by atoms with van der Waals surface area (Å²) in [5, 5.41) is 0.670. The van der Waals surface area contributed by atoms with E-state index in [1.54, 1.807) is 4.68 Å². The summed E-state index contributed by atoms with van der Waals surface area (Å²) in [7, 11) is 0. The van der Waals surface area contributed by atoms with E-state index >= 15 is 0 Å². The lowest BCUT2D eigenvalue weighted by Crippen LogP contribution is -2.30. The van der Waals surface area contributed by atoms with E-state index in [-0.39, 0.29) is 5.56 Å². The van der Waals surface area contributed by atoms with Crippen LogP contribution in [0.5, 0.6) is 0 Å². The van der Waals surface area contributed by atoms with Gasteiger partial charge in [0.2, 0.25) is 0 Å². The fourth-order valence-corrected chi connectivity index (χ4v) is 3.03. The standard InChI is InChI=1S/C19H24N4O/c1-4-21(5-2)13-14-22-18-17(12-11-15(3)20-18)19(24)23(22)16-9-7-6-8-10-16/h6-12H,4-5,13-14H2,1-3H3. The number of benzene rings is 1. The first kappa shape index (κ1) is 16.5. The molecule has 0 aliphatic rings. The highest BCUT2D eigenvalue weighted by Crippen LogP contribution is 2.14. The maximum absolute atomic E-state index is 12.9. The van der Waals surface area contributed by atoms with Crippen molar-refractivity contribution in [2.45, 2.75) is 27.3 Å². The van der Waals surface area contributed by atoms with Gasteiger partial charge in [-0.25, -0.2) is 9.67 Å². The predicted molar refractivity (Wildman–Crippen MR) is 97.9 cm³/mol. The third-order valence-electron chi connectivity index (χ3n) is 4.45. The molecule has 0 N–H and O–H groups in total. The highest BCUT2D eigenvalue weighted by Gasteiger charge is 2.16. The van der Waals surface area contributed by atoms with Crippen molar-refractivity contribution in [3.05, 3.63) is 58.5 Å². The maximum Gasteiger partial charge on any atom is 0.280 e. The van der Waals surface area contributed by atoms with Crippen molar-refractivity contribution >= 4 is 11.0 Å². The third kappa shape index (κ3) is 2.99. The van der Waals surface area contributed by atoms with E-state index < -0.39 is 0 Å². The van der Waals surface area contributed by atoms with Gasteiger partial charge < -0.3 is 4.90 Å². The van der Waals surface area contributed by atoms with Crippen molar-refractivity contribution in [3.8, 4) is 5.69 Å². The largest absolute Gasteiger partial charge is 0.302 e. The van der Waals surface area contributed by atoms with Crippen molar-refractivity contribution < 1.29 is 0 Å². The molecule has 2 heterocycles. The van der Waals surface area contributed by atoms with Gasteiger partial charge in [0.15, 0.2) is 5.65 Å². The van der Waals surface area contributed by atoms with Gasteiger partial charge >= 0.3 is 0 Å². The van der Waals surface area contributed by atoms with Crippen LogP contribution in [-0.2, 0) is 6.54 Å². The topological polar surface area (TPSA) is 43.1 Å². The summed E-state index contributed by atoms with van der Waals surface area (Å²) in [5.41, 5.74) is 2.54. The molecule has 0 aliphatic carbocycles. The van der Waals surface area contributed by atoms with E-state index in [2.05, 4.69) is 23.7 Å². The Morgan fingerprint density at radius 2 is 1.75 bits per heavy atom. The van der Waals surface area contributed by atoms with Gasteiger partial charge in [-0.15, -0.1) is 0 Å². The highest BCUT2D eigenvalue weighted by atomic mass is 16.1. The Morgan fingerprint density at radius 3 is 2.42 bits per heavy atom. The Balaban J connectivity index is 2.16. The zero-order valence-electron chi connectivity index (χ0n) is 14.6. The first-order chi connectivity index (χ1) is 11.7. The molecule has 0 aliphatic heterocycles. The number of hydrogen-bond donors (Lipinski definition) is 0. The molecule has 0 radical (unpaired) electrons. The first-order valence-corrected chi connectivity index (χ1v) is 8.52. The monoisotopic (exact) mass is 324 g/mol. The molecule has 0 unspecified atom stereocenters. The SMILES string of the molecule is CCN(CC)CCn1c2nc(C)ccc2c(=O)n1-c1ccccc1. The van der Waals surface area contributed by atoms with Gasteiger partial charge in [-0.1, -0.05) is 32.0 Å². The number of pyridine rings is 1. The Labute approximate surface area is 142 Å². The molecule has 0 amide bonds. The molecule has 24 heavy (non-hydrogen) atoms. The molecule has 0 saturated carbocycles. The number of nitrogens with zero attached hydrogens (tertiary/aromatic N) is 4. The van der Waals surface area contributed by atoms with Crippen LogP contribution in [0.3, 0.4) is 0 Å². The fraction of sp³-hybridized carbons (Fsp3) is 0.368. The van der Waals surface area contributed by atoms with Crippen molar-refractivity contribution in [2.75, 3.05) is 19.6 Å². The van der Waals surface area contributed by atoms with Crippen molar-refractivity contribution in [1.82, 2.24) is 19.2 Å². The highest BCUT2D eigenvalue weighted by molar-refractivity contribution is 5.75. The van der Waals surface area contributed by atoms with E-state index in [0.717, 1.165) is 43.2 Å². The Kier molecular flexibility index (Phi) is 4.81. The van der Waals surface area contributed by atoms with E-state index in [1.807, 2.05) is 54.1 Å². The average Bonchev–Trinajstić information content (AvgIpc) is 2.88. The summed E-state index contributed by atoms with van der Waals surface area (Å²) in [6.45, 7) is 9.88. The van der Waals surface area contributed by atoms with Crippen LogP contribution in [-0.4, -0.2) is 38.9 Å². The van der Waals surface area contributed by atoms with E-state index in [0.29, 0.717) is 5.39 Å². The predicted octanol–water partition coefficient (Wildman–Crippen LogP) is 2.84. The number of aryl methyl sites for hydroxylation is 1. The van der Waals surface area contributed by atoms with Crippen LogP contribution in [0.15, 0.2) is 47.3 Å². The molecular formula is C19H24N4O. The molecule has 0 fully saturated rings. The Bertz CT molecular complexity index is 876. The van der Waals surface area contributed by atoms with Crippen LogP contribution in [0.2, 0.25) is 0 Å². The number of fused-ring (bicyclic) bond motifs is 1. The summed E-state index contributed by atoms with van der Waals surface area (Å²) in [6.07, 6.45) is 0. The Morgan fingerprint density at radius 1 is 1.04 bits per heavy atom. The summed E-state index contributed by atoms with van der Waals surface area (Å²) in [4.78, 5) is 19.9. The van der Waals surface area contributed by atoms with Crippen LogP contribution >= 0.6 is 0 Å². The molecule has 126 valence electrons. The fourth-order valence-electron chi connectivity index (χ4n) is 3.03. The molecule has 2 aromatic heterocycles. The summed E-state index contributed by atoms with van der Waals surface area (Å²) < 4.78 is 3.76. The van der Waals surface area contributed by atoms with Crippen molar-refractivity contribution in [2.24, 2.45) is 0 Å². The zero-order chi connectivity index (χ0) is 17.1. The normalized spacial score (nSPS) is 11.5.